The van der Waals surface area contributed by atoms with Gasteiger partial charge in [0.15, 0.2) is 5.13 Å². The summed E-state index contributed by atoms with van der Waals surface area (Å²) < 4.78 is 20.7. The molecule has 0 saturated carbocycles. The van der Waals surface area contributed by atoms with E-state index in [1.807, 2.05) is 39.0 Å². The Morgan fingerprint density at radius 3 is 2.46 bits per heavy atom. The third-order valence-corrected chi connectivity index (χ3v) is 6.30. The van der Waals surface area contributed by atoms with Crippen molar-refractivity contribution in [1.82, 2.24) is 9.71 Å². The number of ether oxygens (including phenoxy) is 1. The first-order chi connectivity index (χ1) is 12.9. The maximum absolute atomic E-state index is 12.7. The number of nitrogens with zero attached hydrogens (tertiary/aromatic N) is 1. The standard InChI is InChI=1S/C19H26ClN3O3S2/c1-18(2,3)26-17(24)22-16-21-11-14(27-16)15(23-28(25)19(4,5)6)12-9-7-8-10-13(12)20/h7-11,15,23H,1-6H3,(H,21,22,24)/t15-,28?/m1/s1. The molecule has 1 aromatic heterocycles. The van der Waals surface area contributed by atoms with Crippen LogP contribution in [0.5, 0.6) is 0 Å². The summed E-state index contributed by atoms with van der Waals surface area (Å²) in [6, 6.07) is 6.94. The van der Waals surface area contributed by atoms with Gasteiger partial charge in [-0.25, -0.2) is 9.78 Å². The minimum atomic E-state index is -1.33. The van der Waals surface area contributed by atoms with Crippen molar-refractivity contribution in [2.75, 3.05) is 5.32 Å². The Morgan fingerprint density at radius 1 is 1.25 bits per heavy atom. The number of amides is 1. The van der Waals surface area contributed by atoms with E-state index in [1.165, 1.54) is 11.3 Å². The van der Waals surface area contributed by atoms with Crippen molar-refractivity contribution in [2.45, 2.75) is 57.9 Å². The number of rotatable bonds is 5. The van der Waals surface area contributed by atoms with Crippen molar-refractivity contribution in [3.8, 4) is 0 Å². The smallest absolute Gasteiger partial charge is 0.413 e. The lowest BCUT2D eigenvalue weighted by atomic mass is 10.1. The summed E-state index contributed by atoms with van der Waals surface area (Å²) in [7, 11) is 0. The molecule has 0 saturated heterocycles. The van der Waals surface area contributed by atoms with E-state index in [0.717, 1.165) is 10.4 Å². The molecule has 1 amide bonds. The molecule has 2 N–H and O–H groups in total. The number of thiazole rings is 1. The van der Waals surface area contributed by atoms with Crippen molar-refractivity contribution < 1.29 is 14.1 Å². The van der Waals surface area contributed by atoms with Gasteiger partial charge in [-0.05, 0) is 53.2 Å². The monoisotopic (exact) mass is 443 g/mol. The summed E-state index contributed by atoms with van der Waals surface area (Å²) in [4.78, 5) is 17.0. The molecule has 0 fully saturated rings. The second kappa shape index (κ2) is 9.00. The van der Waals surface area contributed by atoms with Crippen LogP contribution in [0.15, 0.2) is 30.5 Å². The van der Waals surface area contributed by atoms with Crippen molar-refractivity contribution >= 4 is 45.5 Å². The van der Waals surface area contributed by atoms with Crippen LogP contribution in [0.2, 0.25) is 5.02 Å². The van der Waals surface area contributed by atoms with E-state index >= 15 is 0 Å². The predicted octanol–water partition coefficient (Wildman–Crippen LogP) is 5.28. The van der Waals surface area contributed by atoms with E-state index in [-0.39, 0.29) is 0 Å². The molecule has 0 spiro atoms. The molecule has 1 aromatic carbocycles. The van der Waals surface area contributed by atoms with Gasteiger partial charge in [-0.2, -0.15) is 0 Å². The first kappa shape index (κ1) is 23.0. The van der Waals surface area contributed by atoms with Crippen molar-refractivity contribution in [2.24, 2.45) is 0 Å². The average molecular weight is 444 g/mol. The predicted molar refractivity (Wildman–Crippen MR) is 116 cm³/mol. The van der Waals surface area contributed by atoms with Crippen LogP contribution in [-0.4, -0.2) is 26.0 Å². The van der Waals surface area contributed by atoms with Crippen molar-refractivity contribution in [3.63, 3.8) is 0 Å². The highest BCUT2D eigenvalue weighted by atomic mass is 35.5. The summed E-state index contributed by atoms with van der Waals surface area (Å²) in [5.41, 5.74) is 0.185. The van der Waals surface area contributed by atoms with Gasteiger partial charge < -0.3 is 9.29 Å². The van der Waals surface area contributed by atoms with Gasteiger partial charge in [-0.3, -0.25) is 5.32 Å². The molecule has 1 heterocycles. The Hall–Kier alpha value is -1.32. The molecule has 0 aliphatic heterocycles. The first-order valence-electron chi connectivity index (χ1n) is 8.75. The van der Waals surface area contributed by atoms with Gasteiger partial charge in [0.05, 0.1) is 4.88 Å². The fourth-order valence-electron chi connectivity index (χ4n) is 2.14. The normalized spacial score (nSPS) is 14.4. The van der Waals surface area contributed by atoms with Crippen LogP contribution in [0.4, 0.5) is 9.93 Å². The molecule has 0 radical (unpaired) electrons. The lowest BCUT2D eigenvalue weighted by Crippen LogP contribution is -2.41. The van der Waals surface area contributed by atoms with Crippen LogP contribution < -0.4 is 10.0 Å². The van der Waals surface area contributed by atoms with Crippen LogP contribution in [0.1, 0.15) is 58.0 Å². The first-order valence-corrected chi connectivity index (χ1v) is 11.1. The zero-order chi connectivity index (χ0) is 21.1. The van der Waals surface area contributed by atoms with E-state index in [4.69, 9.17) is 16.3 Å². The maximum Gasteiger partial charge on any atom is 0.413 e. The highest BCUT2D eigenvalue weighted by molar-refractivity contribution is 7.90. The zero-order valence-corrected chi connectivity index (χ0v) is 19.2. The van der Waals surface area contributed by atoms with Crippen LogP contribution >= 0.6 is 22.9 Å². The Morgan fingerprint density at radius 2 is 1.89 bits per heavy atom. The van der Waals surface area contributed by atoms with E-state index in [0.29, 0.717) is 10.2 Å². The molecule has 28 heavy (non-hydrogen) atoms. The van der Waals surface area contributed by atoms with E-state index in [1.54, 1.807) is 33.0 Å². The van der Waals surface area contributed by atoms with Crippen LogP contribution in [-0.2, 0) is 16.1 Å². The largest absolute Gasteiger partial charge is 0.598 e. The number of carbonyl (C=O) groups excluding carboxylic acids is 1. The Balaban J connectivity index is 2.28. The second-order valence-corrected chi connectivity index (χ2v) is 11.6. The van der Waals surface area contributed by atoms with Gasteiger partial charge >= 0.3 is 6.09 Å². The van der Waals surface area contributed by atoms with Crippen LogP contribution in [0.25, 0.3) is 0 Å². The molecule has 0 aliphatic carbocycles. The zero-order valence-electron chi connectivity index (χ0n) is 16.8. The lowest BCUT2D eigenvalue weighted by molar-refractivity contribution is 0.0636. The molecule has 9 heteroatoms. The van der Waals surface area contributed by atoms with Gasteiger partial charge in [0, 0.05) is 22.6 Å². The Kier molecular flexibility index (Phi) is 7.38. The molecule has 2 aromatic rings. The average Bonchev–Trinajstić information content (AvgIpc) is 2.98. The van der Waals surface area contributed by atoms with Crippen LogP contribution in [0, 0.1) is 0 Å². The maximum atomic E-state index is 12.7. The number of hydrogen-bond donors (Lipinski definition) is 2. The fourth-order valence-corrected chi connectivity index (χ4v) is 4.15. The van der Waals surface area contributed by atoms with E-state index < -0.39 is 33.8 Å². The van der Waals surface area contributed by atoms with E-state index in [2.05, 4.69) is 15.0 Å². The molecule has 0 aliphatic rings. The molecular weight excluding hydrogens is 418 g/mol. The Bertz CT molecular complexity index is 815. The van der Waals surface area contributed by atoms with Gasteiger partial charge in [-0.1, -0.05) is 41.1 Å². The van der Waals surface area contributed by atoms with Gasteiger partial charge in [0.25, 0.3) is 0 Å². The summed E-state index contributed by atoms with van der Waals surface area (Å²) >= 11 is 6.33. The quantitative estimate of drug-likeness (QED) is 0.613. The minimum Gasteiger partial charge on any atom is -0.598 e. The van der Waals surface area contributed by atoms with Gasteiger partial charge in [0.1, 0.15) is 16.4 Å². The number of aromatic nitrogens is 1. The molecule has 0 bridgehead atoms. The Labute approximate surface area is 178 Å². The number of hydrogen-bond acceptors (Lipinski definition) is 6. The third-order valence-electron chi connectivity index (χ3n) is 3.41. The molecular formula is C19H26ClN3O3S2. The van der Waals surface area contributed by atoms with Crippen LogP contribution in [0.3, 0.4) is 0 Å². The van der Waals surface area contributed by atoms with Crippen molar-refractivity contribution in [1.29, 1.82) is 0 Å². The topological polar surface area (TPSA) is 86.3 Å². The minimum absolute atomic E-state index is 0.393. The second-order valence-electron chi connectivity index (χ2n) is 8.15. The third kappa shape index (κ3) is 6.63. The van der Waals surface area contributed by atoms with E-state index in [9.17, 15) is 9.35 Å². The summed E-state index contributed by atoms with van der Waals surface area (Å²) in [6.07, 6.45) is 1.06. The molecule has 2 atom stereocenters. The summed E-state index contributed by atoms with van der Waals surface area (Å²) in [6.45, 7) is 11.0. The molecule has 1 unspecified atom stereocenters. The number of anilines is 1. The van der Waals surface area contributed by atoms with Gasteiger partial charge in [-0.15, -0.1) is 4.72 Å². The van der Waals surface area contributed by atoms with Crippen molar-refractivity contribution in [3.05, 3.63) is 45.9 Å². The summed E-state index contributed by atoms with van der Waals surface area (Å²) in [5, 5.41) is 3.58. The number of carbonyl (C=O) groups is 1. The highest BCUT2D eigenvalue weighted by Gasteiger charge is 2.32. The number of halogens is 1. The number of benzene rings is 1. The molecule has 154 valence electrons. The molecule has 2 rings (SSSR count). The van der Waals surface area contributed by atoms with Gasteiger partial charge in [0.2, 0.25) is 0 Å². The number of nitrogens with one attached hydrogen (secondary N) is 2. The molecule has 6 nitrogen and oxygen atoms in total. The highest BCUT2D eigenvalue weighted by Crippen LogP contribution is 2.34. The SMILES string of the molecule is CC(C)(C)OC(=O)Nc1ncc([C@H](N[S+]([O-])C(C)(C)C)c2ccccc2Cl)s1. The summed E-state index contributed by atoms with van der Waals surface area (Å²) in [5.74, 6) is 0. The fraction of sp³-hybridized carbons (Fsp3) is 0.474. The lowest BCUT2D eigenvalue weighted by Gasteiger charge is -2.28.